The molecule has 3 heterocycles. The fourth-order valence-corrected chi connectivity index (χ4v) is 9.98. The zero-order chi connectivity index (χ0) is 44.4. The number of cyclic esters (lactones) is 1. The van der Waals surface area contributed by atoms with Crippen molar-refractivity contribution in [2.75, 3.05) is 24.7 Å². The predicted octanol–water partition coefficient (Wildman–Crippen LogP) is 7.04. The smallest absolute Gasteiger partial charge is 0.329 e. The van der Waals surface area contributed by atoms with Crippen LogP contribution in [-0.2, 0) is 24.5 Å². The molecule has 0 bridgehead atoms. The van der Waals surface area contributed by atoms with Gasteiger partial charge in [0, 0.05) is 6.54 Å². The molecule has 9 rings (SSSR count). The van der Waals surface area contributed by atoms with Gasteiger partial charge in [-0.15, -0.1) is 0 Å². The second-order valence-electron chi connectivity index (χ2n) is 16.3. The van der Waals surface area contributed by atoms with Crippen LogP contribution in [0, 0.1) is 5.92 Å². The minimum Gasteiger partial charge on any atom is -0.491 e. The number of hydrogen-bond donors (Lipinski definition) is 4. The highest BCUT2D eigenvalue weighted by Gasteiger charge is 2.75. The van der Waals surface area contributed by atoms with Crippen LogP contribution in [0.5, 0.6) is 5.75 Å². The summed E-state index contributed by atoms with van der Waals surface area (Å²) in [7, 11) is 0. The Labute approximate surface area is 371 Å². The van der Waals surface area contributed by atoms with Crippen LogP contribution in [0.2, 0.25) is 0 Å². The van der Waals surface area contributed by atoms with Gasteiger partial charge in [-0.1, -0.05) is 152 Å². The number of esters is 1. The van der Waals surface area contributed by atoms with Gasteiger partial charge in [-0.2, -0.15) is 0 Å². The number of aliphatic hydroxyl groups is 2. The van der Waals surface area contributed by atoms with E-state index in [-0.39, 0.29) is 25.4 Å². The molecule has 6 aromatic carbocycles. The van der Waals surface area contributed by atoms with Crippen LogP contribution < -0.4 is 20.3 Å². The quantitative estimate of drug-likeness (QED) is 0.0948. The number of benzene rings is 6. The molecule has 0 aromatic heterocycles. The number of nitrogens with zero attached hydrogens (tertiary/aromatic N) is 2. The van der Waals surface area contributed by atoms with Crippen LogP contribution in [0.3, 0.4) is 0 Å². The number of urea groups is 1. The Morgan fingerprint density at radius 3 is 2.00 bits per heavy atom. The van der Waals surface area contributed by atoms with Crippen LogP contribution in [0.1, 0.15) is 70.6 Å². The largest absolute Gasteiger partial charge is 0.491 e. The lowest BCUT2D eigenvalue weighted by atomic mass is 9.65. The molecule has 4 amide bonds. The van der Waals surface area contributed by atoms with Gasteiger partial charge in [-0.3, -0.25) is 19.3 Å². The number of hydrogen-bond acceptors (Lipinski definition) is 9. The van der Waals surface area contributed by atoms with Crippen LogP contribution in [-0.4, -0.2) is 64.7 Å². The predicted molar refractivity (Wildman–Crippen MR) is 239 cm³/mol. The number of imide groups is 1. The van der Waals surface area contributed by atoms with Crippen molar-refractivity contribution in [3.8, 4) is 5.75 Å². The summed E-state index contributed by atoms with van der Waals surface area (Å²) < 4.78 is 12.5. The van der Waals surface area contributed by atoms with Crippen molar-refractivity contribution in [1.82, 2.24) is 15.5 Å². The number of amides is 4. The third kappa shape index (κ3) is 7.38. The maximum Gasteiger partial charge on any atom is 0.329 e. The zero-order valence-corrected chi connectivity index (χ0v) is 35.1. The van der Waals surface area contributed by atoms with Crippen molar-refractivity contribution in [3.63, 3.8) is 0 Å². The van der Waals surface area contributed by atoms with E-state index < -0.39 is 71.5 Å². The molecule has 2 saturated heterocycles. The molecule has 3 aliphatic rings. The molecular formula is C52H48N4O8. The van der Waals surface area contributed by atoms with E-state index in [2.05, 4.69) is 10.6 Å². The number of rotatable bonds is 12. The number of anilines is 1. The van der Waals surface area contributed by atoms with E-state index in [1.807, 2.05) is 115 Å². The maximum absolute atomic E-state index is 16.3. The second kappa shape index (κ2) is 17.9. The highest BCUT2D eigenvalue weighted by atomic mass is 16.6. The molecule has 0 saturated carbocycles. The van der Waals surface area contributed by atoms with Gasteiger partial charge in [0.15, 0.2) is 0 Å². The number of para-hydroxylation sites is 1. The molecule has 64 heavy (non-hydrogen) atoms. The molecule has 12 heteroatoms. The summed E-state index contributed by atoms with van der Waals surface area (Å²) in [5.41, 5.74) is 2.01. The van der Waals surface area contributed by atoms with Crippen LogP contribution in [0.4, 0.5) is 10.5 Å². The van der Waals surface area contributed by atoms with Crippen LogP contribution in [0.25, 0.3) is 0 Å². The van der Waals surface area contributed by atoms with E-state index in [4.69, 9.17) is 9.47 Å². The van der Waals surface area contributed by atoms with Gasteiger partial charge in [-0.05, 0) is 58.5 Å². The average molecular weight is 857 g/mol. The molecule has 324 valence electrons. The monoisotopic (exact) mass is 856 g/mol. The Kier molecular flexibility index (Phi) is 11.8. The summed E-state index contributed by atoms with van der Waals surface area (Å²) in [6.45, 7) is 1.33. The molecule has 12 nitrogen and oxygen atoms in total. The van der Waals surface area contributed by atoms with Gasteiger partial charge in [0.2, 0.25) is 11.8 Å². The minimum absolute atomic E-state index is 0.00919. The maximum atomic E-state index is 16.3. The number of ether oxygens (including phenoxy) is 2. The van der Waals surface area contributed by atoms with E-state index in [1.165, 1.54) is 0 Å². The van der Waals surface area contributed by atoms with Gasteiger partial charge < -0.3 is 30.3 Å². The first-order valence-electron chi connectivity index (χ1n) is 21.5. The summed E-state index contributed by atoms with van der Waals surface area (Å²) in [4.78, 5) is 64.9. The van der Waals surface area contributed by atoms with E-state index in [1.54, 1.807) is 66.7 Å². The Hall–Kier alpha value is -7.12. The second-order valence-corrected chi connectivity index (χ2v) is 16.3. The number of carbonyl (C=O) groups is 4. The lowest BCUT2D eigenvalue weighted by molar-refractivity contribution is -0.178. The van der Waals surface area contributed by atoms with Gasteiger partial charge in [0.25, 0.3) is 0 Å². The van der Waals surface area contributed by atoms with Crippen molar-refractivity contribution in [2.24, 2.45) is 5.92 Å². The van der Waals surface area contributed by atoms with Crippen molar-refractivity contribution < 1.29 is 38.9 Å². The topological polar surface area (TPSA) is 158 Å². The Balaban J connectivity index is 1.28. The Morgan fingerprint density at radius 2 is 1.33 bits per heavy atom. The fraction of sp³-hybridized carbons (Fsp3) is 0.231. The molecule has 0 unspecified atom stereocenters. The van der Waals surface area contributed by atoms with Crippen molar-refractivity contribution in [2.45, 2.75) is 48.7 Å². The lowest BCUT2D eigenvalue weighted by Crippen LogP contribution is -2.56. The molecule has 4 N–H and O–H groups in total. The molecular weight excluding hydrogens is 809 g/mol. The summed E-state index contributed by atoms with van der Waals surface area (Å²) in [6.07, 6.45) is -2.03. The first-order valence-corrected chi connectivity index (χ1v) is 21.5. The van der Waals surface area contributed by atoms with Crippen molar-refractivity contribution in [1.29, 1.82) is 0 Å². The van der Waals surface area contributed by atoms with E-state index in [0.29, 0.717) is 28.0 Å². The third-order valence-electron chi connectivity index (χ3n) is 12.7. The first kappa shape index (κ1) is 42.2. The SMILES string of the molecule is C[C@@H](NC(=O)N1C(=O)[C@@]2(c3ccccc31)[C@H](C(=O)NC[C@H](O)c1ccccc1)[C@H]1C(=O)O[C@H](c3ccccc3)[C@H](c3ccccc3)N1[C@@H]2c1cccc(OCCO)c1)c1ccccc1. The van der Waals surface area contributed by atoms with Crippen LogP contribution >= 0.6 is 0 Å². The molecule has 3 aliphatic heterocycles. The highest BCUT2D eigenvalue weighted by molar-refractivity contribution is 6.24. The first-order chi connectivity index (χ1) is 31.2. The van der Waals surface area contributed by atoms with E-state index in [0.717, 1.165) is 16.0 Å². The molecule has 6 aromatic rings. The van der Waals surface area contributed by atoms with Crippen molar-refractivity contribution in [3.05, 3.63) is 203 Å². The normalized spacial score (nSPS) is 23.4. The fourth-order valence-electron chi connectivity index (χ4n) is 9.98. The number of morpholine rings is 1. The molecule has 8 atom stereocenters. The summed E-state index contributed by atoms with van der Waals surface area (Å²) in [5, 5.41) is 27.1. The number of nitrogens with one attached hydrogen (secondary N) is 2. The summed E-state index contributed by atoms with van der Waals surface area (Å²) in [5.74, 6) is -3.27. The summed E-state index contributed by atoms with van der Waals surface area (Å²) >= 11 is 0. The Bertz CT molecular complexity index is 2630. The molecule has 1 spiro atoms. The number of carbonyl (C=O) groups excluding carboxylic acids is 4. The standard InChI is InChI=1S/C52H48N4O8/c1-33(34-17-6-2-7-18-34)54-51(62)55-41-28-15-14-27-40(41)52(50(55)61)43(48(59)53-32-42(58)35-19-8-3-9-20-35)45-49(60)64-46(37-23-12-5-13-24-37)44(36-21-10-4-11-22-36)56(45)47(52)38-25-16-26-39(31-38)63-30-29-57/h2-28,31,33,42-47,57-58H,29-30,32H2,1H3,(H,53,59)(H,54,62)/t33-,42+,43+,44+,45+,46-,47-,52+/m1/s1. The summed E-state index contributed by atoms with van der Waals surface area (Å²) in [6, 6.07) is 46.6. The minimum atomic E-state index is -1.97. The lowest BCUT2D eigenvalue weighted by Gasteiger charge is -2.46. The van der Waals surface area contributed by atoms with E-state index >= 15 is 14.4 Å². The van der Waals surface area contributed by atoms with E-state index in [9.17, 15) is 15.0 Å². The molecule has 2 fully saturated rings. The van der Waals surface area contributed by atoms with Crippen molar-refractivity contribution >= 4 is 29.5 Å². The zero-order valence-electron chi connectivity index (χ0n) is 35.1. The molecule has 0 aliphatic carbocycles. The molecule has 0 radical (unpaired) electrons. The van der Waals surface area contributed by atoms with Gasteiger partial charge in [0.1, 0.15) is 29.9 Å². The third-order valence-corrected chi connectivity index (χ3v) is 12.7. The van der Waals surface area contributed by atoms with Gasteiger partial charge in [0.05, 0.1) is 42.4 Å². The number of fused-ring (bicyclic) bond motifs is 3. The van der Waals surface area contributed by atoms with Crippen LogP contribution in [0.15, 0.2) is 170 Å². The average Bonchev–Trinajstić information content (AvgIpc) is 3.80. The Morgan fingerprint density at radius 1 is 0.734 bits per heavy atom. The highest BCUT2D eigenvalue weighted by Crippen LogP contribution is 2.66. The number of aliphatic hydroxyl groups excluding tert-OH is 2. The van der Waals surface area contributed by atoms with Gasteiger partial charge in [-0.25, -0.2) is 9.69 Å². The van der Waals surface area contributed by atoms with Gasteiger partial charge >= 0.3 is 12.0 Å².